The number of hydrogen-bond donors (Lipinski definition) is 1. The lowest BCUT2D eigenvalue weighted by molar-refractivity contribution is -0.127. The number of likely N-dealkylation sites (tertiary alicyclic amines) is 1. The molecule has 7 nitrogen and oxygen atoms in total. The van der Waals surface area contributed by atoms with E-state index in [-0.39, 0.29) is 11.9 Å². The standard InChI is InChI=1S/C21H20ClN5O2S/c22-15-9-13-11-29-10-12-3-1-4-14(17(12)13)18(15)19-24-20(23)26-21(25-19)30-8-7-27-6-2-5-16(27)28/h1,3-4,9H,2,5-8,10-11H2,(H2,23,24,25,26). The number of amides is 1. The van der Waals surface area contributed by atoms with Crippen LogP contribution in [0.25, 0.3) is 22.2 Å². The molecule has 0 atom stereocenters. The number of benzene rings is 2. The fourth-order valence-corrected chi connectivity index (χ4v) is 5.20. The zero-order chi connectivity index (χ0) is 20.7. The summed E-state index contributed by atoms with van der Waals surface area (Å²) in [5, 5.41) is 3.22. The Kier molecular flexibility index (Phi) is 5.22. The Morgan fingerprint density at radius 1 is 1.20 bits per heavy atom. The molecule has 30 heavy (non-hydrogen) atoms. The van der Waals surface area contributed by atoms with Crippen LogP contribution in [0.2, 0.25) is 5.02 Å². The van der Waals surface area contributed by atoms with Crippen LogP contribution in [0, 0.1) is 0 Å². The first-order valence-electron chi connectivity index (χ1n) is 9.83. The number of ether oxygens (including phenoxy) is 1. The van der Waals surface area contributed by atoms with E-state index in [1.54, 1.807) is 0 Å². The van der Waals surface area contributed by atoms with E-state index < -0.39 is 0 Å². The number of carbonyl (C=O) groups is 1. The quantitative estimate of drug-likeness (QED) is 0.603. The molecule has 154 valence electrons. The van der Waals surface area contributed by atoms with Gasteiger partial charge in [-0.2, -0.15) is 9.97 Å². The molecule has 0 unspecified atom stereocenters. The van der Waals surface area contributed by atoms with Gasteiger partial charge in [0.15, 0.2) is 11.0 Å². The van der Waals surface area contributed by atoms with Crippen molar-refractivity contribution < 1.29 is 9.53 Å². The van der Waals surface area contributed by atoms with E-state index in [1.807, 2.05) is 23.1 Å². The lowest BCUT2D eigenvalue weighted by atomic mass is 9.94. The van der Waals surface area contributed by atoms with E-state index in [1.165, 1.54) is 11.8 Å². The van der Waals surface area contributed by atoms with Gasteiger partial charge >= 0.3 is 0 Å². The van der Waals surface area contributed by atoms with Gasteiger partial charge in [-0.25, -0.2) is 4.98 Å². The first-order chi connectivity index (χ1) is 14.6. The van der Waals surface area contributed by atoms with E-state index in [0.29, 0.717) is 47.9 Å². The van der Waals surface area contributed by atoms with Crippen molar-refractivity contribution in [3.8, 4) is 11.4 Å². The van der Waals surface area contributed by atoms with Crippen LogP contribution in [0.5, 0.6) is 0 Å². The Labute approximate surface area is 183 Å². The largest absolute Gasteiger partial charge is 0.372 e. The van der Waals surface area contributed by atoms with Crippen LogP contribution in [0.3, 0.4) is 0 Å². The van der Waals surface area contributed by atoms with E-state index in [9.17, 15) is 4.79 Å². The van der Waals surface area contributed by atoms with Crippen molar-refractivity contribution in [3.05, 3.63) is 40.4 Å². The maximum absolute atomic E-state index is 11.8. The molecule has 0 radical (unpaired) electrons. The highest BCUT2D eigenvalue weighted by molar-refractivity contribution is 7.99. The Morgan fingerprint density at radius 3 is 2.90 bits per heavy atom. The topological polar surface area (TPSA) is 94.2 Å². The van der Waals surface area contributed by atoms with Crippen molar-refractivity contribution in [2.75, 3.05) is 24.6 Å². The Bertz CT molecular complexity index is 1160. The van der Waals surface area contributed by atoms with Crippen molar-refractivity contribution >= 4 is 46.0 Å². The summed E-state index contributed by atoms with van der Waals surface area (Å²) >= 11 is 8.13. The minimum Gasteiger partial charge on any atom is -0.372 e. The lowest BCUT2D eigenvalue weighted by Crippen LogP contribution is -2.26. The Morgan fingerprint density at radius 2 is 2.07 bits per heavy atom. The zero-order valence-corrected chi connectivity index (χ0v) is 17.8. The number of nitrogens with zero attached hydrogens (tertiary/aromatic N) is 4. The molecule has 9 heteroatoms. The lowest BCUT2D eigenvalue weighted by Gasteiger charge is -2.20. The summed E-state index contributed by atoms with van der Waals surface area (Å²) in [5.41, 5.74) is 8.94. The Balaban J connectivity index is 1.49. The van der Waals surface area contributed by atoms with Crippen molar-refractivity contribution in [1.82, 2.24) is 19.9 Å². The molecule has 2 aliphatic rings. The second-order valence-electron chi connectivity index (χ2n) is 7.36. The van der Waals surface area contributed by atoms with Gasteiger partial charge in [0.25, 0.3) is 0 Å². The maximum Gasteiger partial charge on any atom is 0.224 e. The molecule has 0 spiro atoms. The van der Waals surface area contributed by atoms with Crippen LogP contribution >= 0.6 is 23.4 Å². The second kappa shape index (κ2) is 8.02. The van der Waals surface area contributed by atoms with Gasteiger partial charge in [-0.1, -0.05) is 41.6 Å². The molecule has 1 saturated heterocycles. The molecular weight excluding hydrogens is 422 g/mol. The molecule has 2 N–H and O–H groups in total. The third kappa shape index (κ3) is 3.59. The van der Waals surface area contributed by atoms with Gasteiger partial charge in [-0.3, -0.25) is 4.79 Å². The molecule has 5 rings (SSSR count). The van der Waals surface area contributed by atoms with Crippen LogP contribution in [-0.2, 0) is 22.7 Å². The third-order valence-electron chi connectivity index (χ3n) is 5.42. The first-order valence-corrected chi connectivity index (χ1v) is 11.2. The molecule has 0 bridgehead atoms. The van der Waals surface area contributed by atoms with Crippen LogP contribution in [0.1, 0.15) is 24.0 Å². The third-order valence-corrected chi connectivity index (χ3v) is 6.54. The van der Waals surface area contributed by atoms with Gasteiger partial charge < -0.3 is 15.4 Å². The summed E-state index contributed by atoms with van der Waals surface area (Å²) in [6.45, 7) is 2.60. The zero-order valence-electron chi connectivity index (χ0n) is 16.2. The summed E-state index contributed by atoms with van der Waals surface area (Å²) < 4.78 is 5.67. The van der Waals surface area contributed by atoms with Crippen LogP contribution in [-0.4, -0.2) is 44.6 Å². The summed E-state index contributed by atoms with van der Waals surface area (Å²) in [4.78, 5) is 27.0. The first kappa shape index (κ1) is 19.5. The summed E-state index contributed by atoms with van der Waals surface area (Å²) in [7, 11) is 0. The number of nitrogens with two attached hydrogens (primary N) is 1. The SMILES string of the molecule is Nc1nc(SCCN2CCCC2=O)nc(-c2c(Cl)cc3c4c(cccc24)COC3)n1. The van der Waals surface area contributed by atoms with Crippen LogP contribution in [0.15, 0.2) is 29.4 Å². The molecule has 2 aliphatic heterocycles. The number of thioether (sulfide) groups is 1. The number of nitrogen functional groups attached to an aromatic ring is 1. The van der Waals surface area contributed by atoms with Gasteiger partial charge in [-0.05, 0) is 34.4 Å². The second-order valence-corrected chi connectivity index (χ2v) is 8.83. The smallest absolute Gasteiger partial charge is 0.224 e. The van der Waals surface area contributed by atoms with E-state index in [2.05, 4.69) is 21.0 Å². The predicted molar refractivity (Wildman–Crippen MR) is 117 cm³/mol. The maximum atomic E-state index is 11.8. The van der Waals surface area contributed by atoms with Crippen LogP contribution in [0.4, 0.5) is 5.95 Å². The van der Waals surface area contributed by atoms with Crippen molar-refractivity contribution in [3.63, 3.8) is 0 Å². The number of aromatic nitrogens is 3. The van der Waals surface area contributed by atoms with Gasteiger partial charge in [0.2, 0.25) is 11.9 Å². The molecule has 1 amide bonds. The molecular formula is C21H20ClN5O2S. The predicted octanol–water partition coefficient (Wildman–Crippen LogP) is 3.67. The highest BCUT2D eigenvalue weighted by Crippen LogP contribution is 2.39. The average molecular weight is 442 g/mol. The van der Waals surface area contributed by atoms with Crippen LogP contribution < -0.4 is 5.73 Å². The molecule has 0 aliphatic carbocycles. The number of rotatable bonds is 5. The molecule has 1 fully saturated rings. The van der Waals surface area contributed by atoms with Gasteiger partial charge in [0.05, 0.1) is 18.2 Å². The van der Waals surface area contributed by atoms with Gasteiger partial charge in [0.1, 0.15) is 0 Å². The fraction of sp³-hybridized carbons (Fsp3) is 0.333. The monoisotopic (exact) mass is 441 g/mol. The van der Waals surface area contributed by atoms with E-state index >= 15 is 0 Å². The van der Waals surface area contributed by atoms with E-state index in [4.69, 9.17) is 22.1 Å². The molecule has 3 aromatic rings. The molecule has 3 heterocycles. The fourth-order valence-electron chi connectivity index (χ4n) is 4.08. The summed E-state index contributed by atoms with van der Waals surface area (Å²) in [5.74, 6) is 1.52. The van der Waals surface area contributed by atoms with E-state index in [0.717, 1.165) is 40.4 Å². The van der Waals surface area contributed by atoms with Gasteiger partial charge in [-0.15, -0.1) is 0 Å². The average Bonchev–Trinajstić information content (AvgIpc) is 3.13. The molecule has 0 saturated carbocycles. The van der Waals surface area contributed by atoms with Crippen molar-refractivity contribution in [1.29, 1.82) is 0 Å². The summed E-state index contributed by atoms with van der Waals surface area (Å²) in [6.07, 6.45) is 1.57. The number of carbonyl (C=O) groups excluding carboxylic acids is 1. The number of anilines is 1. The number of hydrogen-bond acceptors (Lipinski definition) is 7. The van der Waals surface area contributed by atoms with Crippen molar-refractivity contribution in [2.24, 2.45) is 0 Å². The highest BCUT2D eigenvalue weighted by atomic mass is 35.5. The Hall–Kier alpha value is -2.42. The van der Waals surface area contributed by atoms with Crippen molar-refractivity contribution in [2.45, 2.75) is 31.2 Å². The molecule has 2 aromatic carbocycles. The minimum absolute atomic E-state index is 0.152. The number of halogens is 1. The highest BCUT2D eigenvalue weighted by Gasteiger charge is 2.22. The van der Waals surface area contributed by atoms with Gasteiger partial charge in [0, 0.05) is 30.8 Å². The summed E-state index contributed by atoms with van der Waals surface area (Å²) in [6, 6.07) is 8.00. The normalized spacial score (nSPS) is 15.9. The minimum atomic E-state index is 0.152. The molecule has 1 aromatic heterocycles.